The van der Waals surface area contributed by atoms with Gasteiger partial charge >= 0.3 is 0 Å². The zero-order chi connectivity index (χ0) is 15.4. The maximum Gasteiger partial charge on any atom is 0.128 e. The molecule has 1 aromatic carbocycles. The van der Waals surface area contributed by atoms with Crippen LogP contribution in [-0.4, -0.2) is 12.1 Å². The van der Waals surface area contributed by atoms with E-state index in [0.29, 0.717) is 12.5 Å². The van der Waals surface area contributed by atoms with Gasteiger partial charge < -0.3 is 10.1 Å². The molecule has 0 aliphatic heterocycles. The Bertz CT molecular complexity index is 621. The van der Waals surface area contributed by atoms with E-state index in [1.807, 2.05) is 13.1 Å². The second-order valence-corrected chi connectivity index (χ2v) is 5.68. The van der Waals surface area contributed by atoms with Crippen molar-refractivity contribution in [3.63, 3.8) is 0 Å². The quantitative estimate of drug-likeness (QED) is 0.881. The van der Waals surface area contributed by atoms with Crippen LogP contribution in [0.2, 0.25) is 0 Å². The van der Waals surface area contributed by atoms with E-state index in [1.54, 1.807) is 7.11 Å². The van der Waals surface area contributed by atoms with Crippen molar-refractivity contribution >= 4 is 5.69 Å². The first-order chi connectivity index (χ1) is 10.0. The molecule has 0 fully saturated rings. The third-order valence-corrected chi connectivity index (χ3v) is 3.76. The summed E-state index contributed by atoms with van der Waals surface area (Å²) in [5, 5.41) is 3.45. The summed E-state index contributed by atoms with van der Waals surface area (Å²) in [7, 11) is 1.71. The van der Waals surface area contributed by atoms with Gasteiger partial charge in [0.1, 0.15) is 5.75 Å². The molecule has 0 spiro atoms. The van der Waals surface area contributed by atoms with Crippen molar-refractivity contribution in [1.29, 1.82) is 0 Å². The first-order valence-electron chi connectivity index (χ1n) is 7.35. The lowest BCUT2D eigenvalue weighted by molar-refractivity contribution is 0.407. The molecule has 0 amide bonds. The third-order valence-electron chi connectivity index (χ3n) is 3.76. The Morgan fingerprint density at radius 3 is 2.67 bits per heavy atom. The van der Waals surface area contributed by atoms with E-state index in [2.05, 4.69) is 55.3 Å². The third kappa shape index (κ3) is 3.54. The van der Waals surface area contributed by atoms with E-state index in [0.717, 1.165) is 28.3 Å². The molecule has 3 heteroatoms. The Morgan fingerprint density at radius 2 is 2.00 bits per heavy atom. The Morgan fingerprint density at radius 1 is 1.24 bits per heavy atom. The summed E-state index contributed by atoms with van der Waals surface area (Å²) >= 11 is 0. The molecule has 3 nitrogen and oxygen atoms in total. The first kappa shape index (κ1) is 15.4. The van der Waals surface area contributed by atoms with Crippen LogP contribution in [0, 0.1) is 13.8 Å². The topological polar surface area (TPSA) is 34.1 Å². The molecule has 0 aliphatic rings. The summed E-state index contributed by atoms with van der Waals surface area (Å²) in [6.45, 7) is 9.18. The molecule has 0 saturated heterocycles. The summed E-state index contributed by atoms with van der Waals surface area (Å²) in [5.41, 5.74) is 5.66. The minimum atomic E-state index is 0.533. The van der Waals surface area contributed by atoms with Crippen molar-refractivity contribution < 1.29 is 4.74 Å². The number of benzene rings is 1. The number of aryl methyl sites for hydroxylation is 1. The largest absolute Gasteiger partial charge is 0.496 e. The van der Waals surface area contributed by atoms with Gasteiger partial charge in [0.05, 0.1) is 19.3 Å². The van der Waals surface area contributed by atoms with Gasteiger partial charge in [0.15, 0.2) is 0 Å². The minimum absolute atomic E-state index is 0.533. The molecule has 0 saturated carbocycles. The van der Waals surface area contributed by atoms with E-state index >= 15 is 0 Å². The Balaban J connectivity index is 2.15. The van der Waals surface area contributed by atoms with Gasteiger partial charge in [-0.2, -0.15) is 0 Å². The number of hydrogen-bond acceptors (Lipinski definition) is 3. The van der Waals surface area contributed by atoms with Crippen molar-refractivity contribution in [2.24, 2.45) is 0 Å². The van der Waals surface area contributed by atoms with Crippen LogP contribution in [0.5, 0.6) is 5.75 Å². The zero-order valence-electron chi connectivity index (χ0n) is 13.5. The lowest BCUT2D eigenvalue weighted by Gasteiger charge is -2.14. The van der Waals surface area contributed by atoms with Crippen molar-refractivity contribution in [2.45, 2.75) is 40.2 Å². The number of ether oxygens (including phenoxy) is 1. The highest BCUT2D eigenvalue weighted by molar-refractivity contribution is 5.48. The van der Waals surface area contributed by atoms with E-state index in [1.165, 1.54) is 5.56 Å². The number of nitrogens with zero attached hydrogens (tertiary/aromatic N) is 1. The predicted molar refractivity (Wildman–Crippen MR) is 88.1 cm³/mol. The van der Waals surface area contributed by atoms with Crippen LogP contribution in [0.4, 0.5) is 5.69 Å². The molecule has 0 bridgehead atoms. The number of hydrogen-bond donors (Lipinski definition) is 1. The minimum Gasteiger partial charge on any atom is -0.496 e. The van der Waals surface area contributed by atoms with Gasteiger partial charge in [-0.3, -0.25) is 4.98 Å². The molecule has 1 N–H and O–H groups in total. The fourth-order valence-electron chi connectivity index (χ4n) is 2.44. The summed E-state index contributed by atoms with van der Waals surface area (Å²) in [6.07, 6.45) is 1.87. The normalized spacial score (nSPS) is 10.8. The number of nitrogens with one attached hydrogen (secondary N) is 1. The second-order valence-electron chi connectivity index (χ2n) is 5.68. The molecular formula is C18H24N2O. The van der Waals surface area contributed by atoms with Gasteiger partial charge in [-0.05, 0) is 37.5 Å². The molecule has 21 heavy (non-hydrogen) atoms. The molecule has 0 radical (unpaired) electrons. The van der Waals surface area contributed by atoms with E-state index < -0.39 is 0 Å². The van der Waals surface area contributed by atoms with E-state index in [9.17, 15) is 0 Å². The Labute approximate surface area is 127 Å². The molecule has 1 aromatic heterocycles. The van der Waals surface area contributed by atoms with Crippen LogP contribution in [-0.2, 0) is 6.54 Å². The standard InChI is InChI=1S/C18H24N2O/c1-12(2)15-7-6-8-16(9-15)19-11-17-14(4)18(21-5)13(3)10-20-17/h6-10,12,19H,11H2,1-5H3. The number of pyridine rings is 1. The molecule has 2 rings (SSSR count). The fourth-order valence-corrected chi connectivity index (χ4v) is 2.44. The maximum absolute atomic E-state index is 5.45. The monoisotopic (exact) mass is 284 g/mol. The van der Waals surface area contributed by atoms with E-state index in [-0.39, 0.29) is 0 Å². The van der Waals surface area contributed by atoms with Crippen molar-refractivity contribution in [1.82, 2.24) is 4.98 Å². The van der Waals surface area contributed by atoms with Crippen LogP contribution in [0.25, 0.3) is 0 Å². The summed E-state index contributed by atoms with van der Waals surface area (Å²) in [6, 6.07) is 8.54. The van der Waals surface area contributed by atoms with Crippen molar-refractivity contribution in [3.05, 3.63) is 52.8 Å². The smallest absolute Gasteiger partial charge is 0.128 e. The van der Waals surface area contributed by atoms with Gasteiger partial charge in [-0.1, -0.05) is 26.0 Å². The molecule has 0 aliphatic carbocycles. The SMILES string of the molecule is COc1c(C)cnc(CNc2cccc(C(C)C)c2)c1C. The second kappa shape index (κ2) is 6.61. The summed E-state index contributed by atoms with van der Waals surface area (Å²) < 4.78 is 5.45. The number of anilines is 1. The fraction of sp³-hybridized carbons (Fsp3) is 0.389. The summed E-state index contributed by atoms with van der Waals surface area (Å²) in [5.74, 6) is 1.46. The summed E-state index contributed by atoms with van der Waals surface area (Å²) in [4.78, 5) is 4.52. The average molecular weight is 284 g/mol. The van der Waals surface area contributed by atoms with Crippen LogP contribution >= 0.6 is 0 Å². The van der Waals surface area contributed by atoms with Gasteiger partial charge in [0, 0.05) is 23.0 Å². The molecular weight excluding hydrogens is 260 g/mol. The molecule has 0 atom stereocenters. The van der Waals surface area contributed by atoms with E-state index in [4.69, 9.17) is 4.74 Å². The molecule has 112 valence electrons. The van der Waals surface area contributed by atoms with Gasteiger partial charge in [-0.25, -0.2) is 0 Å². The molecule has 2 aromatic rings. The Kier molecular flexibility index (Phi) is 4.84. The molecule has 0 unspecified atom stereocenters. The number of rotatable bonds is 5. The lowest BCUT2D eigenvalue weighted by atomic mass is 10.0. The predicted octanol–water partition coefficient (Wildman–Crippen LogP) is 4.44. The van der Waals surface area contributed by atoms with Crippen LogP contribution in [0.3, 0.4) is 0 Å². The average Bonchev–Trinajstić information content (AvgIpc) is 2.47. The van der Waals surface area contributed by atoms with Gasteiger partial charge in [-0.15, -0.1) is 0 Å². The lowest BCUT2D eigenvalue weighted by Crippen LogP contribution is -2.06. The van der Waals surface area contributed by atoms with Crippen molar-refractivity contribution in [3.8, 4) is 5.75 Å². The highest BCUT2D eigenvalue weighted by Crippen LogP contribution is 2.25. The van der Waals surface area contributed by atoms with Gasteiger partial charge in [0.2, 0.25) is 0 Å². The zero-order valence-corrected chi connectivity index (χ0v) is 13.5. The van der Waals surface area contributed by atoms with Crippen molar-refractivity contribution in [2.75, 3.05) is 12.4 Å². The van der Waals surface area contributed by atoms with Crippen LogP contribution in [0.1, 0.15) is 42.1 Å². The van der Waals surface area contributed by atoms with Crippen LogP contribution < -0.4 is 10.1 Å². The van der Waals surface area contributed by atoms with Gasteiger partial charge in [0.25, 0.3) is 0 Å². The Hall–Kier alpha value is -2.03. The highest BCUT2D eigenvalue weighted by Gasteiger charge is 2.09. The maximum atomic E-state index is 5.45. The number of aromatic nitrogens is 1. The first-order valence-corrected chi connectivity index (χ1v) is 7.35. The number of methoxy groups -OCH3 is 1. The highest BCUT2D eigenvalue weighted by atomic mass is 16.5. The molecule has 1 heterocycles. The van der Waals surface area contributed by atoms with Crippen LogP contribution in [0.15, 0.2) is 30.5 Å².